The van der Waals surface area contributed by atoms with Crippen LogP contribution in [0.5, 0.6) is 0 Å². The van der Waals surface area contributed by atoms with Gasteiger partial charge in [0.1, 0.15) is 0 Å². The van der Waals surface area contributed by atoms with Crippen LogP contribution in [0.4, 0.5) is 0 Å². The van der Waals surface area contributed by atoms with E-state index in [1.165, 1.54) is 42.2 Å². The Hall–Kier alpha value is -0.410. The number of piperidine rings is 1. The molecule has 1 aromatic heterocycles. The van der Waals surface area contributed by atoms with Gasteiger partial charge in [0.2, 0.25) is 0 Å². The van der Waals surface area contributed by atoms with Gasteiger partial charge in [0, 0.05) is 38.0 Å². The van der Waals surface area contributed by atoms with Crippen LogP contribution in [0.2, 0.25) is 0 Å². The summed E-state index contributed by atoms with van der Waals surface area (Å²) in [5.74, 6) is 0.891. The van der Waals surface area contributed by atoms with E-state index in [2.05, 4.69) is 39.4 Å². The quantitative estimate of drug-likeness (QED) is 0.397. The Bertz CT molecular complexity index is 463. The Morgan fingerprint density at radius 1 is 1.17 bits per heavy atom. The molecule has 2 rings (SSSR count). The van der Waals surface area contributed by atoms with Gasteiger partial charge in [-0.2, -0.15) is 0 Å². The van der Waals surface area contributed by atoms with Crippen LogP contribution in [0.1, 0.15) is 34.8 Å². The number of likely N-dealkylation sites (tertiary alicyclic amines) is 1. The third-order valence-corrected chi connectivity index (χ3v) is 5.23. The number of halogens is 1. The minimum Gasteiger partial charge on any atom is -0.356 e. The minimum absolute atomic E-state index is 0. The van der Waals surface area contributed by atoms with Crippen LogP contribution in [0, 0.1) is 13.8 Å². The molecule has 0 aliphatic carbocycles. The normalized spacial score (nSPS) is 16.0. The van der Waals surface area contributed by atoms with Gasteiger partial charge in [-0.05, 0) is 39.8 Å². The number of nitrogens with zero attached hydrogens (tertiary/aromatic N) is 3. The van der Waals surface area contributed by atoms with E-state index >= 15 is 0 Å². The van der Waals surface area contributed by atoms with Crippen molar-refractivity contribution >= 4 is 41.3 Å². The van der Waals surface area contributed by atoms with Gasteiger partial charge in [-0.15, -0.1) is 35.3 Å². The van der Waals surface area contributed by atoms with Gasteiger partial charge >= 0.3 is 0 Å². The smallest absolute Gasteiger partial charge is 0.191 e. The van der Waals surface area contributed by atoms with Crippen LogP contribution in [-0.2, 0) is 6.42 Å². The molecular weight excluding hydrogens is 421 g/mol. The fourth-order valence-electron chi connectivity index (χ4n) is 2.67. The predicted molar refractivity (Wildman–Crippen MR) is 110 cm³/mol. The average Bonchev–Trinajstić information content (AvgIpc) is 2.85. The monoisotopic (exact) mass is 451 g/mol. The summed E-state index contributed by atoms with van der Waals surface area (Å²) in [6.07, 6.45) is 5.04. The molecule has 0 amide bonds. The Labute approximate surface area is 161 Å². The van der Waals surface area contributed by atoms with Crippen LogP contribution >= 0.6 is 35.3 Å². The van der Waals surface area contributed by atoms with Crippen LogP contribution in [0.25, 0.3) is 0 Å². The number of guanidine groups is 1. The number of aryl methyl sites for hydroxylation is 2. The second kappa shape index (κ2) is 11.2. The summed E-state index contributed by atoms with van der Waals surface area (Å²) < 4.78 is 0. The molecule has 1 aliphatic rings. The van der Waals surface area contributed by atoms with Gasteiger partial charge in [-0.1, -0.05) is 6.42 Å². The van der Waals surface area contributed by atoms with Gasteiger partial charge in [0.25, 0.3) is 0 Å². The summed E-state index contributed by atoms with van der Waals surface area (Å²) in [4.78, 5) is 12.7. The molecule has 0 radical (unpaired) electrons. The number of rotatable bonds is 6. The first-order valence-corrected chi connectivity index (χ1v) is 9.10. The lowest BCUT2D eigenvalue weighted by Crippen LogP contribution is -2.43. The largest absolute Gasteiger partial charge is 0.356 e. The number of hydrogen-bond acceptors (Lipinski definition) is 4. The van der Waals surface area contributed by atoms with E-state index in [9.17, 15) is 0 Å². The second-order valence-electron chi connectivity index (χ2n) is 5.83. The van der Waals surface area contributed by atoms with Crippen molar-refractivity contribution in [3.05, 3.63) is 15.6 Å². The molecule has 0 aromatic carbocycles. The van der Waals surface area contributed by atoms with Crippen LogP contribution in [0.15, 0.2) is 4.99 Å². The van der Waals surface area contributed by atoms with Crippen LogP contribution < -0.4 is 10.6 Å². The number of thiazole rings is 1. The highest BCUT2D eigenvalue weighted by Gasteiger charge is 2.09. The van der Waals surface area contributed by atoms with Gasteiger partial charge in [-0.25, -0.2) is 4.98 Å². The zero-order valence-electron chi connectivity index (χ0n) is 14.5. The number of nitrogens with one attached hydrogen (secondary N) is 2. The van der Waals surface area contributed by atoms with Gasteiger partial charge < -0.3 is 15.5 Å². The average molecular weight is 451 g/mol. The molecule has 1 saturated heterocycles. The molecule has 132 valence electrons. The summed E-state index contributed by atoms with van der Waals surface area (Å²) in [6, 6.07) is 0. The molecule has 0 unspecified atom stereocenters. The summed E-state index contributed by atoms with van der Waals surface area (Å²) >= 11 is 1.79. The molecule has 2 heterocycles. The minimum atomic E-state index is 0. The molecule has 0 atom stereocenters. The van der Waals surface area contributed by atoms with Crippen molar-refractivity contribution in [2.45, 2.75) is 39.5 Å². The Morgan fingerprint density at radius 3 is 2.48 bits per heavy atom. The fraction of sp³-hybridized carbons (Fsp3) is 0.750. The topological polar surface area (TPSA) is 52.6 Å². The van der Waals surface area contributed by atoms with E-state index in [4.69, 9.17) is 0 Å². The molecule has 0 spiro atoms. The lowest BCUT2D eigenvalue weighted by molar-refractivity contribution is 0.232. The molecule has 2 N–H and O–H groups in total. The molecule has 0 saturated carbocycles. The Kier molecular flexibility index (Phi) is 10.0. The third kappa shape index (κ3) is 7.34. The Morgan fingerprint density at radius 2 is 1.87 bits per heavy atom. The SMILES string of the molecule is CN=C(NCCc1nc(C)c(C)s1)NCCN1CCCCC1.I. The first kappa shape index (κ1) is 20.6. The second-order valence-corrected chi connectivity index (χ2v) is 7.12. The van der Waals surface area contributed by atoms with Crippen molar-refractivity contribution in [2.24, 2.45) is 4.99 Å². The molecule has 1 aliphatic heterocycles. The van der Waals surface area contributed by atoms with E-state index < -0.39 is 0 Å². The van der Waals surface area contributed by atoms with Crippen molar-refractivity contribution in [1.29, 1.82) is 0 Å². The first-order chi connectivity index (χ1) is 10.7. The maximum Gasteiger partial charge on any atom is 0.191 e. The van der Waals surface area contributed by atoms with E-state index in [1.807, 2.05) is 7.05 Å². The lowest BCUT2D eigenvalue weighted by Gasteiger charge is -2.26. The fourth-order valence-corrected chi connectivity index (χ4v) is 3.60. The zero-order valence-corrected chi connectivity index (χ0v) is 17.7. The molecular formula is C16H30IN5S. The molecule has 7 heteroatoms. The summed E-state index contributed by atoms with van der Waals surface area (Å²) in [5.41, 5.74) is 1.16. The summed E-state index contributed by atoms with van der Waals surface area (Å²) in [7, 11) is 1.83. The first-order valence-electron chi connectivity index (χ1n) is 8.29. The van der Waals surface area contributed by atoms with Gasteiger partial charge in [-0.3, -0.25) is 4.99 Å². The van der Waals surface area contributed by atoms with Gasteiger partial charge in [0.15, 0.2) is 5.96 Å². The van der Waals surface area contributed by atoms with Crippen molar-refractivity contribution < 1.29 is 0 Å². The van der Waals surface area contributed by atoms with Crippen molar-refractivity contribution in [2.75, 3.05) is 39.8 Å². The highest BCUT2D eigenvalue weighted by atomic mass is 127. The maximum absolute atomic E-state index is 4.57. The highest BCUT2D eigenvalue weighted by molar-refractivity contribution is 14.0. The van der Waals surface area contributed by atoms with Crippen LogP contribution in [-0.4, -0.2) is 55.6 Å². The van der Waals surface area contributed by atoms with E-state index in [0.717, 1.165) is 37.7 Å². The van der Waals surface area contributed by atoms with Crippen molar-refractivity contribution in [3.8, 4) is 0 Å². The van der Waals surface area contributed by atoms with Crippen molar-refractivity contribution in [3.63, 3.8) is 0 Å². The lowest BCUT2D eigenvalue weighted by atomic mass is 10.1. The van der Waals surface area contributed by atoms with Gasteiger partial charge in [0.05, 0.1) is 10.7 Å². The summed E-state index contributed by atoms with van der Waals surface area (Å²) in [6.45, 7) is 9.62. The van der Waals surface area contributed by atoms with Crippen LogP contribution in [0.3, 0.4) is 0 Å². The standard InChI is InChI=1S/C16H29N5S.HI/c1-13-14(2)22-15(20-13)7-8-18-16(17-3)19-9-12-21-10-5-4-6-11-21;/h4-12H2,1-3H3,(H2,17,18,19);1H. The van der Waals surface area contributed by atoms with E-state index in [1.54, 1.807) is 11.3 Å². The predicted octanol–water partition coefficient (Wildman–Crippen LogP) is 2.57. The zero-order chi connectivity index (χ0) is 15.8. The molecule has 0 bridgehead atoms. The number of hydrogen-bond donors (Lipinski definition) is 2. The Balaban J connectivity index is 0.00000264. The molecule has 1 aromatic rings. The summed E-state index contributed by atoms with van der Waals surface area (Å²) in [5, 5.41) is 7.97. The van der Waals surface area contributed by atoms with E-state index in [-0.39, 0.29) is 24.0 Å². The van der Waals surface area contributed by atoms with E-state index in [0.29, 0.717) is 0 Å². The molecule has 23 heavy (non-hydrogen) atoms. The highest BCUT2D eigenvalue weighted by Crippen LogP contribution is 2.16. The number of aromatic nitrogens is 1. The molecule has 1 fully saturated rings. The molecule has 5 nitrogen and oxygen atoms in total. The third-order valence-electron chi connectivity index (χ3n) is 4.10. The number of aliphatic imine (C=N–C) groups is 1. The maximum atomic E-state index is 4.57. The van der Waals surface area contributed by atoms with Crippen molar-refractivity contribution in [1.82, 2.24) is 20.5 Å².